The van der Waals surface area contributed by atoms with Crippen LogP contribution in [0.5, 0.6) is 5.75 Å². The zero-order valence-electron chi connectivity index (χ0n) is 29.4. The number of nitrogens with zero attached hydrogens (tertiary/aromatic N) is 2. The van der Waals surface area contributed by atoms with E-state index in [-0.39, 0.29) is 11.8 Å². The monoisotopic (exact) mass is 642 g/mol. The Hall–Kier alpha value is -3.19. The number of hydrogen-bond donors (Lipinski definition) is 1. The molecule has 6 heteroatoms. The minimum absolute atomic E-state index is 0.169. The highest BCUT2D eigenvalue weighted by Gasteiger charge is 2.49. The van der Waals surface area contributed by atoms with Gasteiger partial charge < -0.3 is 24.6 Å². The maximum absolute atomic E-state index is 13.3. The third-order valence-corrected chi connectivity index (χ3v) is 10.2. The minimum Gasteiger partial charge on any atom is -0.496 e. The number of carbonyl (C=O) groups excluding carboxylic acids is 1. The molecule has 3 aromatic carbocycles. The second kappa shape index (κ2) is 19.0. The molecule has 0 aromatic heterocycles. The molecule has 2 N–H and O–H groups in total. The molecule has 0 bridgehead atoms. The van der Waals surface area contributed by atoms with Gasteiger partial charge in [-0.25, -0.2) is 0 Å². The Kier molecular flexibility index (Phi) is 14.8. The van der Waals surface area contributed by atoms with E-state index in [1.54, 1.807) is 7.11 Å². The van der Waals surface area contributed by atoms with Gasteiger partial charge in [0, 0.05) is 18.7 Å². The van der Waals surface area contributed by atoms with Crippen molar-refractivity contribution in [3.63, 3.8) is 0 Å². The van der Waals surface area contributed by atoms with Gasteiger partial charge in [0.2, 0.25) is 5.91 Å². The van der Waals surface area contributed by atoms with E-state index in [9.17, 15) is 4.79 Å². The largest absolute Gasteiger partial charge is 0.496 e. The maximum Gasteiger partial charge on any atom is 0.232 e. The number of methoxy groups -OCH3 is 1. The number of nitrogens with two attached hydrogens (primary N) is 1. The number of carbonyl (C=O) groups is 1. The van der Waals surface area contributed by atoms with Gasteiger partial charge in [0.15, 0.2) is 0 Å². The third-order valence-electron chi connectivity index (χ3n) is 10.2. The average molecular weight is 643 g/mol. The van der Waals surface area contributed by atoms with Gasteiger partial charge in [-0.3, -0.25) is 4.79 Å². The van der Waals surface area contributed by atoms with Crippen LogP contribution in [0.25, 0.3) is 0 Å². The lowest BCUT2D eigenvalue weighted by atomic mass is 9.64. The number of unbranched alkanes of at least 4 members (excludes halogenated alkanes) is 7. The van der Waals surface area contributed by atoms with Gasteiger partial charge in [0.05, 0.1) is 40.9 Å². The second-order valence-electron chi connectivity index (χ2n) is 14.1. The van der Waals surface area contributed by atoms with Crippen molar-refractivity contribution in [3.8, 4) is 5.75 Å². The highest BCUT2D eigenvalue weighted by molar-refractivity contribution is 5.91. The van der Waals surface area contributed by atoms with Gasteiger partial charge in [-0.15, -0.1) is 0 Å². The molecule has 1 fully saturated rings. The van der Waals surface area contributed by atoms with Gasteiger partial charge in [-0.05, 0) is 81.1 Å². The number of amides is 1. The summed E-state index contributed by atoms with van der Waals surface area (Å²) in [5.41, 5.74) is 8.62. The molecule has 3 aromatic rings. The predicted molar refractivity (Wildman–Crippen MR) is 193 cm³/mol. The molecule has 47 heavy (non-hydrogen) atoms. The van der Waals surface area contributed by atoms with E-state index in [4.69, 9.17) is 15.2 Å². The van der Waals surface area contributed by atoms with Crippen LogP contribution in [0.2, 0.25) is 0 Å². The third kappa shape index (κ3) is 10.7. The molecule has 1 aliphatic heterocycles. The molecule has 1 atom stereocenters. The molecular weight excluding hydrogens is 582 g/mol. The van der Waals surface area contributed by atoms with Crippen LogP contribution < -0.4 is 10.5 Å². The van der Waals surface area contributed by atoms with E-state index in [2.05, 4.69) is 49.3 Å². The van der Waals surface area contributed by atoms with Gasteiger partial charge >= 0.3 is 0 Å². The van der Waals surface area contributed by atoms with E-state index >= 15 is 0 Å². The van der Waals surface area contributed by atoms with E-state index in [1.165, 1.54) is 64.5 Å². The van der Waals surface area contributed by atoms with E-state index in [0.29, 0.717) is 6.61 Å². The average Bonchev–Trinajstić information content (AvgIpc) is 3.55. The lowest BCUT2D eigenvalue weighted by Crippen LogP contribution is -2.49. The van der Waals surface area contributed by atoms with Gasteiger partial charge in [-0.2, -0.15) is 0 Å². The SMILES string of the molecule is COc1ccccc1COCCCCCC[N+](C)(C)CCCCCCCN1CCC(C(C(N)=O)(c2ccccc2)c2ccccc2)C1. The molecule has 1 aliphatic rings. The fourth-order valence-corrected chi connectivity index (χ4v) is 7.53. The number of quaternary nitrogens is 1. The summed E-state index contributed by atoms with van der Waals surface area (Å²) in [4.78, 5) is 15.9. The molecule has 0 spiro atoms. The molecule has 1 saturated heterocycles. The Labute approximate surface area is 284 Å². The van der Waals surface area contributed by atoms with Crippen LogP contribution in [0, 0.1) is 5.92 Å². The van der Waals surface area contributed by atoms with Crippen LogP contribution in [0.1, 0.15) is 80.9 Å². The first-order valence-electron chi connectivity index (χ1n) is 18.0. The summed E-state index contributed by atoms with van der Waals surface area (Å²) in [6.07, 6.45) is 12.3. The first-order chi connectivity index (χ1) is 22.9. The number of ether oxygens (including phenoxy) is 2. The standard InChI is InChI=1S/C41H59N3O3/c1-44(2,31-19-7-8-20-32-47-34-35-21-15-16-26-39(35)46-3)30-18-6-4-5-17-28-43-29-27-38(33-43)41(40(42)45,36-22-11-9-12-23-36)37-24-13-10-14-25-37/h9-16,21-26,38H,4-8,17-20,27-34H2,1-3H3,(H-,42,45)/p+1. The van der Waals surface area contributed by atoms with Crippen LogP contribution in [-0.4, -0.2) is 75.8 Å². The summed E-state index contributed by atoms with van der Waals surface area (Å²) in [7, 11) is 6.48. The summed E-state index contributed by atoms with van der Waals surface area (Å²) in [5.74, 6) is 0.831. The number of hydrogen-bond acceptors (Lipinski definition) is 4. The van der Waals surface area contributed by atoms with Crippen molar-refractivity contribution in [2.24, 2.45) is 11.7 Å². The first kappa shape index (κ1) is 36.6. The lowest BCUT2D eigenvalue weighted by molar-refractivity contribution is -0.890. The Bertz CT molecular complexity index is 1270. The quantitative estimate of drug-likeness (QED) is 0.0906. The molecule has 4 rings (SSSR count). The molecule has 0 radical (unpaired) electrons. The lowest BCUT2D eigenvalue weighted by Gasteiger charge is -2.37. The number of primary amides is 1. The molecule has 0 aliphatic carbocycles. The Morgan fingerprint density at radius 2 is 1.34 bits per heavy atom. The van der Waals surface area contributed by atoms with Crippen molar-refractivity contribution < 1.29 is 18.8 Å². The number of likely N-dealkylation sites (tertiary alicyclic amines) is 1. The zero-order chi connectivity index (χ0) is 33.4. The van der Waals surface area contributed by atoms with Crippen LogP contribution >= 0.6 is 0 Å². The number of rotatable bonds is 22. The van der Waals surface area contributed by atoms with E-state index < -0.39 is 5.41 Å². The van der Waals surface area contributed by atoms with Gasteiger partial charge in [0.25, 0.3) is 0 Å². The minimum atomic E-state index is -0.797. The fraction of sp³-hybridized carbons (Fsp3) is 0.537. The first-order valence-corrected chi connectivity index (χ1v) is 18.0. The summed E-state index contributed by atoms with van der Waals surface area (Å²) in [6.45, 7) is 6.97. The van der Waals surface area contributed by atoms with E-state index in [1.807, 2.05) is 54.6 Å². The molecule has 1 unspecified atom stereocenters. The normalized spacial score (nSPS) is 15.6. The van der Waals surface area contributed by atoms with Crippen molar-refractivity contribution in [2.75, 3.05) is 60.5 Å². The molecule has 0 saturated carbocycles. The molecule has 1 amide bonds. The zero-order valence-corrected chi connectivity index (χ0v) is 29.4. The molecule has 256 valence electrons. The maximum atomic E-state index is 13.3. The van der Waals surface area contributed by atoms with E-state index in [0.717, 1.165) is 66.0 Å². The summed E-state index contributed by atoms with van der Waals surface area (Å²) < 4.78 is 12.4. The second-order valence-corrected chi connectivity index (χ2v) is 14.1. The Morgan fingerprint density at radius 1 is 0.787 bits per heavy atom. The smallest absolute Gasteiger partial charge is 0.232 e. The summed E-state index contributed by atoms with van der Waals surface area (Å²) in [5, 5.41) is 0. The van der Waals surface area contributed by atoms with Gasteiger partial charge in [0.1, 0.15) is 11.2 Å². The van der Waals surface area contributed by atoms with Crippen LogP contribution in [0.15, 0.2) is 84.9 Å². The van der Waals surface area contributed by atoms with Gasteiger partial charge in [-0.1, -0.05) is 98.1 Å². The van der Waals surface area contributed by atoms with Crippen LogP contribution in [-0.2, 0) is 21.6 Å². The van der Waals surface area contributed by atoms with Crippen molar-refractivity contribution in [1.82, 2.24) is 4.90 Å². The number of para-hydroxylation sites is 1. The highest BCUT2D eigenvalue weighted by atomic mass is 16.5. The van der Waals surface area contributed by atoms with Crippen molar-refractivity contribution >= 4 is 5.91 Å². The highest BCUT2D eigenvalue weighted by Crippen LogP contribution is 2.43. The van der Waals surface area contributed by atoms with Crippen LogP contribution in [0.3, 0.4) is 0 Å². The molecule has 6 nitrogen and oxygen atoms in total. The number of benzene rings is 3. The van der Waals surface area contributed by atoms with Crippen LogP contribution in [0.4, 0.5) is 0 Å². The topological polar surface area (TPSA) is 64.8 Å². The summed E-state index contributed by atoms with van der Waals surface area (Å²) in [6, 6.07) is 28.5. The van der Waals surface area contributed by atoms with Crippen molar-refractivity contribution in [2.45, 2.75) is 76.2 Å². The van der Waals surface area contributed by atoms with Crippen molar-refractivity contribution in [1.29, 1.82) is 0 Å². The fourth-order valence-electron chi connectivity index (χ4n) is 7.53. The Balaban J connectivity index is 1.07. The predicted octanol–water partition coefficient (Wildman–Crippen LogP) is 7.59. The molecule has 1 heterocycles. The Morgan fingerprint density at radius 3 is 1.96 bits per heavy atom. The van der Waals surface area contributed by atoms with Crippen molar-refractivity contribution in [3.05, 3.63) is 102 Å². The summed E-state index contributed by atoms with van der Waals surface area (Å²) >= 11 is 0. The molecular formula is C41H60N3O3+.